The fourth-order valence-corrected chi connectivity index (χ4v) is 5.02. The summed E-state index contributed by atoms with van der Waals surface area (Å²) in [7, 11) is 0. The number of rotatable bonds is 6. The second-order valence-corrected chi connectivity index (χ2v) is 9.65. The predicted octanol–water partition coefficient (Wildman–Crippen LogP) is 2.51. The second kappa shape index (κ2) is 11.3. The Bertz CT molecular complexity index is 547. The number of carbonyl (C=O) groups excluding carboxylic acids is 2. The van der Waals surface area contributed by atoms with Crippen molar-refractivity contribution in [1.29, 1.82) is 0 Å². The number of ether oxygens (including phenoxy) is 1. The van der Waals surface area contributed by atoms with Gasteiger partial charge >= 0.3 is 6.09 Å². The Morgan fingerprint density at radius 3 is 1.97 bits per heavy atom. The summed E-state index contributed by atoms with van der Waals surface area (Å²) in [6.07, 6.45) is 5.03. The zero-order chi connectivity index (χ0) is 21.5. The van der Waals surface area contributed by atoms with Crippen molar-refractivity contribution in [3.63, 3.8) is 0 Å². The van der Waals surface area contributed by atoms with Crippen LogP contribution in [0.15, 0.2) is 0 Å². The maximum absolute atomic E-state index is 12.5. The van der Waals surface area contributed by atoms with E-state index in [4.69, 9.17) is 4.74 Å². The van der Waals surface area contributed by atoms with Gasteiger partial charge in [0.05, 0.1) is 0 Å². The minimum Gasteiger partial charge on any atom is -0.439 e. The lowest BCUT2D eigenvalue weighted by atomic mass is 9.95. The SMILES string of the molecule is CCC1CCN(C(=O)OCC(=O)N2CCC(CN3CCN(C(C)C)CC3)CC2)CC1. The lowest BCUT2D eigenvalue weighted by Crippen LogP contribution is -2.51. The van der Waals surface area contributed by atoms with E-state index in [-0.39, 0.29) is 18.6 Å². The van der Waals surface area contributed by atoms with Crippen LogP contribution in [-0.4, -0.2) is 103 Å². The Morgan fingerprint density at radius 2 is 1.40 bits per heavy atom. The number of likely N-dealkylation sites (tertiary alicyclic amines) is 2. The summed E-state index contributed by atoms with van der Waals surface area (Å²) < 4.78 is 5.33. The average molecular weight is 423 g/mol. The molecule has 0 N–H and O–H groups in total. The molecule has 0 aromatic heterocycles. The summed E-state index contributed by atoms with van der Waals surface area (Å²) in [5.74, 6) is 1.34. The third-order valence-electron chi connectivity index (χ3n) is 7.39. The van der Waals surface area contributed by atoms with Crippen LogP contribution in [0.1, 0.15) is 52.9 Å². The van der Waals surface area contributed by atoms with E-state index in [0.717, 1.165) is 90.5 Å². The first-order chi connectivity index (χ1) is 14.5. The van der Waals surface area contributed by atoms with Crippen LogP contribution in [0, 0.1) is 11.8 Å². The van der Waals surface area contributed by atoms with Crippen LogP contribution in [0.25, 0.3) is 0 Å². The number of piperidine rings is 2. The van der Waals surface area contributed by atoms with Gasteiger partial charge < -0.3 is 19.4 Å². The molecule has 3 rings (SSSR count). The molecule has 3 heterocycles. The zero-order valence-corrected chi connectivity index (χ0v) is 19.4. The van der Waals surface area contributed by atoms with Crippen molar-refractivity contribution in [2.75, 3.05) is 65.5 Å². The van der Waals surface area contributed by atoms with Crippen molar-refractivity contribution in [3.8, 4) is 0 Å². The summed E-state index contributed by atoms with van der Waals surface area (Å²) >= 11 is 0. The topological polar surface area (TPSA) is 56.3 Å². The second-order valence-electron chi connectivity index (χ2n) is 9.65. The molecule has 30 heavy (non-hydrogen) atoms. The first-order valence-corrected chi connectivity index (χ1v) is 12.1. The molecule has 0 unspecified atom stereocenters. The Balaban J connectivity index is 1.30. The highest BCUT2D eigenvalue weighted by Gasteiger charge is 2.28. The number of hydrogen-bond acceptors (Lipinski definition) is 5. The Labute approximate surface area is 182 Å². The van der Waals surface area contributed by atoms with Gasteiger partial charge in [0.2, 0.25) is 0 Å². The molecule has 2 amide bonds. The molecule has 3 saturated heterocycles. The highest BCUT2D eigenvalue weighted by Crippen LogP contribution is 2.21. The van der Waals surface area contributed by atoms with Crippen LogP contribution >= 0.6 is 0 Å². The summed E-state index contributed by atoms with van der Waals surface area (Å²) in [6, 6.07) is 0.638. The van der Waals surface area contributed by atoms with E-state index in [1.165, 1.54) is 6.42 Å². The number of amides is 2. The fraction of sp³-hybridized carbons (Fsp3) is 0.913. The van der Waals surface area contributed by atoms with E-state index < -0.39 is 0 Å². The fourth-order valence-electron chi connectivity index (χ4n) is 5.02. The maximum Gasteiger partial charge on any atom is 0.410 e. The van der Waals surface area contributed by atoms with Gasteiger partial charge in [-0.25, -0.2) is 4.79 Å². The standard InChI is InChI=1S/C23H42N4O3/c1-4-20-5-11-27(12-6-20)23(29)30-18-22(28)26-9-7-21(8-10-26)17-24-13-15-25(16-14-24)19(2)3/h19-21H,4-18H2,1-3H3. The Hall–Kier alpha value is -1.34. The largest absolute Gasteiger partial charge is 0.439 e. The smallest absolute Gasteiger partial charge is 0.410 e. The summed E-state index contributed by atoms with van der Waals surface area (Å²) in [5.41, 5.74) is 0. The molecule has 3 fully saturated rings. The number of hydrogen-bond donors (Lipinski definition) is 0. The third-order valence-corrected chi connectivity index (χ3v) is 7.39. The molecular weight excluding hydrogens is 380 g/mol. The minimum absolute atomic E-state index is 0.0456. The normalized spacial score (nSPS) is 23.2. The molecule has 0 spiro atoms. The highest BCUT2D eigenvalue weighted by atomic mass is 16.6. The van der Waals surface area contributed by atoms with Gasteiger partial charge in [0.25, 0.3) is 5.91 Å². The van der Waals surface area contributed by atoms with E-state index in [1.54, 1.807) is 4.90 Å². The lowest BCUT2D eigenvalue weighted by molar-refractivity contribution is -0.136. The van der Waals surface area contributed by atoms with Gasteiger partial charge in [0, 0.05) is 64.9 Å². The van der Waals surface area contributed by atoms with E-state index in [1.807, 2.05) is 4.90 Å². The zero-order valence-electron chi connectivity index (χ0n) is 19.4. The van der Waals surface area contributed by atoms with Crippen LogP contribution in [0.3, 0.4) is 0 Å². The highest BCUT2D eigenvalue weighted by molar-refractivity contribution is 5.80. The Morgan fingerprint density at radius 1 is 0.833 bits per heavy atom. The monoisotopic (exact) mass is 422 g/mol. The molecule has 0 radical (unpaired) electrons. The van der Waals surface area contributed by atoms with Crippen molar-refractivity contribution < 1.29 is 14.3 Å². The minimum atomic E-state index is -0.326. The van der Waals surface area contributed by atoms with E-state index in [0.29, 0.717) is 12.0 Å². The molecule has 0 aliphatic carbocycles. The number of piperazine rings is 1. The molecule has 0 saturated carbocycles. The van der Waals surface area contributed by atoms with Crippen molar-refractivity contribution in [2.24, 2.45) is 11.8 Å². The molecule has 3 aliphatic heterocycles. The lowest BCUT2D eigenvalue weighted by Gasteiger charge is -2.40. The number of carbonyl (C=O) groups is 2. The first-order valence-electron chi connectivity index (χ1n) is 12.1. The van der Waals surface area contributed by atoms with Crippen molar-refractivity contribution in [2.45, 2.75) is 58.9 Å². The van der Waals surface area contributed by atoms with Crippen LogP contribution in [-0.2, 0) is 9.53 Å². The van der Waals surface area contributed by atoms with Crippen LogP contribution in [0.5, 0.6) is 0 Å². The molecule has 3 aliphatic rings. The molecular formula is C23H42N4O3. The van der Waals surface area contributed by atoms with Crippen molar-refractivity contribution in [3.05, 3.63) is 0 Å². The first kappa shape index (κ1) is 23.3. The average Bonchev–Trinajstić information content (AvgIpc) is 2.78. The van der Waals surface area contributed by atoms with Gasteiger partial charge in [-0.15, -0.1) is 0 Å². The van der Waals surface area contributed by atoms with E-state index in [9.17, 15) is 9.59 Å². The molecule has 0 atom stereocenters. The summed E-state index contributed by atoms with van der Waals surface area (Å²) in [6.45, 7) is 15.5. The van der Waals surface area contributed by atoms with Gasteiger partial charge in [0.1, 0.15) is 0 Å². The van der Waals surface area contributed by atoms with Crippen LogP contribution in [0.4, 0.5) is 4.79 Å². The van der Waals surface area contributed by atoms with Crippen LogP contribution < -0.4 is 0 Å². The van der Waals surface area contributed by atoms with E-state index >= 15 is 0 Å². The summed E-state index contributed by atoms with van der Waals surface area (Å²) in [5, 5.41) is 0. The molecule has 0 aromatic carbocycles. The van der Waals surface area contributed by atoms with Crippen LogP contribution in [0.2, 0.25) is 0 Å². The van der Waals surface area contributed by atoms with Gasteiger partial charge in [-0.2, -0.15) is 0 Å². The van der Waals surface area contributed by atoms with Crippen molar-refractivity contribution >= 4 is 12.0 Å². The van der Waals surface area contributed by atoms with Gasteiger partial charge in [-0.1, -0.05) is 13.3 Å². The molecule has 0 bridgehead atoms. The van der Waals surface area contributed by atoms with E-state index in [2.05, 4.69) is 30.6 Å². The van der Waals surface area contributed by atoms with Crippen molar-refractivity contribution in [1.82, 2.24) is 19.6 Å². The third kappa shape index (κ3) is 6.58. The molecule has 0 aromatic rings. The molecule has 7 heteroatoms. The predicted molar refractivity (Wildman–Crippen MR) is 118 cm³/mol. The summed E-state index contributed by atoms with van der Waals surface area (Å²) in [4.78, 5) is 33.5. The maximum atomic E-state index is 12.5. The van der Waals surface area contributed by atoms with Gasteiger partial charge in [-0.05, 0) is 51.4 Å². The number of nitrogens with zero attached hydrogens (tertiary/aromatic N) is 4. The quantitative estimate of drug-likeness (QED) is 0.658. The molecule has 172 valence electrons. The van der Waals surface area contributed by atoms with Gasteiger partial charge in [0.15, 0.2) is 6.61 Å². The Kier molecular flexibility index (Phi) is 8.81. The molecule has 7 nitrogen and oxygen atoms in total. The van der Waals surface area contributed by atoms with Gasteiger partial charge in [-0.3, -0.25) is 9.69 Å².